The van der Waals surface area contributed by atoms with Crippen LogP contribution >= 0.6 is 11.3 Å². The molecule has 3 nitrogen and oxygen atoms in total. The minimum atomic E-state index is 0.768. The Hall–Kier alpha value is -1.42. The van der Waals surface area contributed by atoms with Crippen LogP contribution in [0.1, 0.15) is 28.4 Å². The van der Waals surface area contributed by atoms with Crippen LogP contribution in [0.2, 0.25) is 0 Å². The summed E-state index contributed by atoms with van der Waals surface area (Å²) in [5, 5.41) is 6.53. The van der Waals surface area contributed by atoms with Gasteiger partial charge in [-0.05, 0) is 37.8 Å². The van der Waals surface area contributed by atoms with E-state index in [2.05, 4.69) is 32.8 Å². The highest BCUT2D eigenvalue weighted by Gasteiger charge is 2.12. The molecule has 0 atom stereocenters. The zero-order valence-electron chi connectivity index (χ0n) is 9.86. The number of nitrogens with zero attached hydrogens (tertiary/aromatic N) is 2. The maximum absolute atomic E-state index is 4.64. The third-order valence-corrected chi connectivity index (χ3v) is 3.98. The molecule has 1 aliphatic carbocycles. The van der Waals surface area contributed by atoms with Gasteiger partial charge in [-0.25, -0.2) is 9.97 Å². The lowest BCUT2D eigenvalue weighted by Crippen LogP contribution is -2.02. The van der Waals surface area contributed by atoms with E-state index in [1.807, 2.05) is 6.92 Å². The van der Waals surface area contributed by atoms with Gasteiger partial charge in [-0.15, -0.1) is 11.3 Å². The van der Waals surface area contributed by atoms with Crippen LogP contribution in [-0.2, 0) is 19.4 Å². The first-order valence-corrected chi connectivity index (χ1v) is 6.83. The Balaban J connectivity index is 1.69. The lowest BCUT2D eigenvalue weighted by Gasteiger charge is -2.05. The quantitative estimate of drug-likeness (QED) is 0.903. The predicted octanol–water partition coefficient (Wildman–Crippen LogP) is 2.95. The molecule has 0 radical (unpaired) electrons. The first-order valence-electron chi connectivity index (χ1n) is 5.95. The minimum absolute atomic E-state index is 0.768. The van der Waals surface area contributed by atoms with E-state index in [4.69, 9.17) is 0 Å². The summed E-state index contributed by atoms with van der Waals surface area (Å²) in [6.45, 7) is 2.79. The number of nitrogens with one attached hydrogen (secondary N) is 1. The van der Waals surface area contributed by atoms with E-state index in [-0.39, 0.29) is 0 Å². The molecule has 3 rings (SSSR count). The van der Waals surface area contributed by atoms with Crippen LogP contribution in [0.3, 0.4) is 0 Å². The molecule has 4 heteroatoms. The van der Waals surface area contributed by atoms with E-state index in [0.29, 0.717) is 0 Å². The molecule has 1 aliphatic rings. The lowest BCUT2D eigenvalue weighted by molar-refractivity contribution is 0.899. The van der Waals surface area contributed by atoms with Crippen molar-refractivity contribution in [3.05, 3.63) is 39.5 Å². The fourth-order valence-corrected chi connectivity index (χ4v) is 2.88. The second kappa shape index (κ2) is 4.45. The zero-order chi connectivity index (χ0) is 11.7. The zero-order valence-corrected chi connectivity index (χ0v) is 10.7. The molecular formula is C13H15N3S. The summed E-state index contributed by atoms with van der Waals surface area (Å²) in [5.41, 5.74) is 3.78. The number of pyridine rings is 1. The molecule has 2 aromatic rings. The van der Waals surface area contributed by atoms with Crippen molar-refractivity contribution in [1.29, 1.82) is 0 Å². The number of fused-ring (bicyclic) bond motifs is 1. The number of hydrogen-bond acceptors (Lipinski definition) is 4. The van der Waals surface area contributed by atoms with Gasteiger partial charge in [0.05, 0.1) is 6.54 Å². The molecule has 2 heterocycles. The molecule has 1 N–H and O–H groups in total. The largest absolute Gasteiger partial charge is 0.364 e. The summed E-state index contributed by atoms with van der Waals surface area (Å²) in [6, 6.07) is 4.27. The van der Waals surface area contributed by atoms with Crippen molar-refractivity contribution in [3.63, 3.8) is 0 Å². The van der Waals surface area contributed by atoms with Crippen molar-refractivity contribution in [1.82, 2.24) is 9.97 Å². The first-order chi connectivity index (χ1) is 8.31. The van der Waals surface area contributed by atoms with Gasteiger partial charge in [0.2, 0.25) is 0 Å². The molecular weight excluding hydrogens is 230 g/mol. The third-order valence-electron chi connectivity index (χ3n) is 3.02. The van der Waals surface area contributed by atoms with Crippen molar-refractivity contribution in [2.24, 2.45) is 0 Å². The van der Waals surface area contributed by atoms with Crippen molar-refractivity contribution < 1.29 is 0 Å². The number of hydrogen-bond donors (Lipinski definition) is 1. The van der Waals surface area contributed by atoms with Gasteiger partial charge < -0.3 is 5.32 Å². The summed E-state index contributed by atoms with van der Waals surface area (Å²) < 4.78 is 0. The van der Waals surface area contributed by atoms with E-state index in [1.165, 1.54) is 24.1 Å². The highest BCUT2D eigenvalue weighted by Crippen LogP contribution is 2.22. The van der Waals surface area contributed by atoms with Crippen molar-refractivity contribution in [2.75, 3.05) is 5.32 Å². The Morgan fingerprint density at radius 3 is 3.06 bits per heavy atom. The monoisotopic (exact) mass is 245 g/mol. The van der Waals surface area contributed by atoms with E-state index < -0.39 is 0 Å². The van der Waals surface area contributed by atoms with E-state index in [1.54, 1.807) is 11.3 Å². The van der Waals surface area contributed by atoms with E-state index in [0.717, 1.165) is 29.5 Å². The molecule has 0 aliphatic heterocycles. The minimum Gasteiger partial charge on any atom is -0.364 e. The average Bonchev–Trinajstić information content (AvgIpc) is 2.94. The van der Waals surface area contributed by atoms with E-state index in [9.17, 15) is 0 Å². The Bertz CT molecular complexity index is 533. The molecule has 2 aromatic heterocycles. The second-order valence-corrected chi connectivity index (χ2v) is 5.33. The van der Waals surface area contributed by atoms with E-state index >= 15 is 0 Å². The Morgan fingerprint density at radius 1 is 1.29 bits per heavy atom. The lowest BCUT2D eigenvalue weighted by atomic mass is 10.2. The molecule has 0 saturated heterocycles. The molecule has 0 fully saturated rings. The number of aromatic nitrogens is 2. The van der Waals surface area contributed by atoms with Gasteiger partial charge in [-0.1, -0.05) is 6.07 Å². The smallest absolute Gasteiger partial charge is 0.126 e. The van der Waals surface area contributed by atoms with Gasteiger partial charge >= 0.3 is 0 Å². The highest BCUT2D eigenvalue weighted by atomic mass is 32.1. The summed E-state index contributed by atoms with van der Waals surface area (Å²) >= 11 is 1.69. The molecule has 88 valence electrons. The normalized spacial score (nSPS) is 13.7. The molecule has 17 heavy (non-hydrogen) atoms. The number of aryl methyl sites for hydroxylation is 3. The SMILES string of the molecule is Cc1csc(CNc2ccc3c(n2)CCC3)n1. The summed E-state index contributed by atoms with van der Waals surface area (Å²) in [7, 11) is 0. The molecule has 0 unspecified atom stereocenters. The molecule has 0 amide bonds. The molecule has 0 spiro atoms. The van der Waals surface area contributed by atoms with Gasteiger partial charge in [0, 0.05) is 16.8 Å². The maximum Gasteiger partial charge on any atom is 0.126 e. The van der Waals surface area contributed by atoms with Crippen LogP contribution in [-0.4, -0.2) is 9.97 Å². The number of thiazole rings is 1. The van der Waals surface area contributed by atoms with Crippen molar-refractivity contribution in [3.8, 4) is 0 Å². The Labute approximate surface area is 105 Å². The van der Waals surface area contributed by atoms with Crippen LogP contribution in [0.25, 0.3) is 0 Å². The van der Waals surface area contributed by atoms with Crippen LogP contribution in [0, 0.1) is 6.92 Å². The third kappa shape index (κ3) is 2.31. The molecule has 0 aromatic carbocycles. The fourth-order valence-electron chi connectivity index (χ4n) is 2.17. The fraction of sp³-hybridized carbons (Fsp3) is 0.385. The average molecular weight is 245 g/mol. The Morgan fingerprint density at radius 2 is 2.24 bits per heavy atom. The van der Waals surface area contributed by atoms with Gasteiger partial charge in [0.15, 0.2) is 0 Å². The van der Waals surface area contributed by atoms with Crippen LogP contribution in [0.4, 0.5) is 5.82 Å². The van der Waals surface area contributed by atoms with Crippen LogP contribution in [0.5, 0.6) is 0 Å². The highest BCUT2D eigenvalue weighted by molar-refractivity contribution is 7.09. The standard InChI is InChI=1S/C13H15N3S/c1-9-8-17-13(15-9)7-14-12-6-5-10-3-2-4-11(10)16-12/h5-6,8H,2-4,7H2,1H3,(H,14,16). The Kier molecular flexibility index (Phi) is 2.81. The van der Waals surface area contributed by atoms with Crippen molar-refractivity contribution >= 4 is 17.2 Å². The van der Waals surface area contributed by atoms with Crippen molar-refractivity contribution in [2.45, 2.75) is 32.7 Å². The maximum atomic E-state index is 4.64. The summed E-state index contributed by atoms with van der Waals surface area (Å²) in [6.07, 6.45) is 3.56. The first kappa shape index (κ1) is 10.7. The summed E-state index contributed by atoms with van der Waals surface area (Å²) in [4.78, 5) is 9.07. The van der Waals surface area contributed by atoms with Gasteiger partial charge in [0.1, 0.15) is 10.8 Å². The van der Waals surface area contributed by atoms with Gasteiger partial charge in [-0.3, -0.25) is 0 Å². The number of anilines is 1. The predicted molar refractivity (Wildman–Crippen MR) is 70.4 cm³/mol. The summed E-state index contributed by atoms with van der Waals surface area (Å²) in [5.74, 6) is 0.971. The molecule has 0 bridgehead atoms. The van der Waals surface area contributed by atoms with Gasteiger partial charge in [-0.2, -0.15) is 0 Å². The molecule has 0 saturated carbocycles. The van der Waals surface area contributed by atoms with Gasteiger partial charge in [0.25, 0.3) is 0 Å². The van der Waals surface area contributed by atoms with Crippen LogP contribution < -0.4 is 5.32 Å². The topological polar surface area (TPSA) is 37.8 Å². The van der Waals surface area contributed by atoms with Crippen LogP contribution in [0.15, 0.2) is 17.5 Å². The number of rotatable bonds is 3. The second-order valence-electron chi connectivity index (χ2n) is 4.39.